The standard InChI is InChI=1S/C14H26N4O/c1-14(2,3)13-17-16-12(19-13)9-18(4)11-7-5-6-10(11)8-15/h10-11H,5-9,15H2,1-4H3. The fraction of sp³-hybridized carbons (Fsp3) is 0.857. The summed E-state index contributed by atoms with van der Waals surface area (Å²) in [6.07, 6.45) is 3.73. The Labute approximate surface area is 115 Å². The van der Waals surface area contributed by atoms with Gasteiger partial charge in [0.25, 0.3) is 0 Å². The minimum atomic E-state index is -0.0863. The molecule has 19 heavy (non-hydrogen) atoms. The summed E-state index contributed by atoms with van der Waals surface area (Å²) < 4.78 is 5.75. The van der Waals surface area contributed by atoms with Crippen LogP contribution in [-0.2, 0) is 12.0 Å². The van der Waals surface area contributed by atoms with Crippen LogP contribution in [0.15, 0.2) is 4.42 Å². The molecule has 0 saturated heterocycles. The molecule has 1 aromatic heterocycles. The number of hydrogen-bond donors (Lipinski definition) is 1. The maximum Gasteiger partial charge on any atom is 0.230 e. The van der Waals surface area contributed by atoms with E-state index in [4.69, 9.17) is 10.2 Å². The summed E-state index contributed by atoms with van der Waals surface area (Å²) in [7, 11) is 2.12. The van der Waals surface area contributed by atoms with Crippen molar-refractivity contribution in [2.45, 2.75) is 58.0 Å². The molecular formula is C14H26N4O. The molecule has 0 aromatic carbocycles. The number of aromatic nitrogens is 2. The van der Waals surface area contributed by atoms with Crippen molar-refractivity contribution < 1.29 is 4.42 Å². The lowest BCUT2D eigenvalue weighted by atomic mass is 9.97. The van der Waals surface area contributed by atoms with E-state index in [1.54, 1.807) is 0 Å². The van der Waals surface area contributed by atoms with Crippen molar-refractivity contribution in [2.75, 3.05) is 13.6 Å². The average molecular weight is 266 g/mol. The normalized spacial score (nSPS) is 24.3. The predicted molar refractivity (Wildman–Crippen MR) is 74.6 cm³/mol. The van der Waals surface area contributed by atoms with Crippen molar-refractivity contribution in [1.82, 2.24) is 15.1 Å². The highest BCUT2D eigenvalue weighted by molar-refractivity contribution is 4.96. The molecule has 1 aromatic rings. The third-order valence-corrected chi connectivity index (χ3v) is 3.98. The maximum atomic E-state index is 5.84. The van der Waals surface area contributed by atoms with Gasteiger partial charge in [0.05, 0.1) is 6.54 Å². The lowest BCUT2D eigenvalue weighted by Crippen LogP contribution is -2.37. The first-order valence-corrected chi connectivity index (χ1v) is 7.15. The van der Waals surface area contributed by atoms with E-state index >= 15 is 0 Å². The first-order chi connectivity index (χ1) is 8.91. The second kappa shape index (κ2) is 5.59. The zero-order valence-corrected chi connectivity index (χ0v) is 12.5. The van der Waals surface area contributed by atoms with Gasteiger partial charge in [0.2, 0.25) is 11.8 Å². The number of rotatable bonds is 4. The molecule has 5 nitrogen and oxygen atoms in total. The van der Waals surface area contributed by atoms with E-state index in [1.807, 2.05) is 0 Å². The average Bonchev–Trinajstić information content (AvgIpc) is 2.95. The summed E-state index contributed by atoms with van der Waals surface area (Å²) in [4.78, 5) is 2.31. The monoisotopic (exact) mass is 266 g/mol. The summed E-state index contributed by atoms with van der Waals surface area (Å²) in [5, 5.41) is 8.29. The Morgan fingerprint density at radius 3 is 2.63 bits per heavy atom. The van der Waals surface area contributed by atoms with Crippen molar-refractivity contribution in [3.8, 4) is 0 Å². The molecule has 0 aliphatic heterocycles. The Balaban J connectivity index is 1.99. The van der Waals surface area contributed by atoms with Crippen molar-refractivity contribution in [3.63, 3.8) is 0 Å². The van der Waals surface area contributed by atoms with Crippen LogP contribution < -0.4 is 5.73 Å². The fourth-order valence-electron chi connectivity index (χ4n) is 2.82. The van der Waals surface area contributed by atoms with Crippen LogP contribution in [0.4, 0.5) is 0 Å². The Morgan fingerprint density at radius 1 is 1.32 bits per heavy atom. The molecule has 5 heteroatoms. The fourth-order valence-corrected chi connectivity index (χ4v) is 2.82. The van der Waals surface area contributed by atoms with Gasteiger partial charge in [-0.1, -0.05) is 27.2 Å². The van der Waals surface area contributed by atoms with Crippen LogP contribution >= 0.6 is 0 Å². The molecule has 2 rings (SSSR count). The third-order valence-electron chi connectivity index (χ3n) is 3.98. The molecule has 2 atom stereocenters. The second-order valence-corrected chi connectivity index (χ2v) is 6.66. The van der Waals surface area contributed by atoms with Gasteiger partial charge in [-0.2, -0.15) is 0 Å². The van der Waals surface area contributed by atoms with Gasteiger partial charge in [0.1, 0.15) is 0 Å². The Bertz CT molecular complexity index is 410. The smallest absolute Gasteiger partial charge is 0.230 e. The van der Waals surface area contributed by atoms with E-state index in [0.29, 0.717) is 30.3 Å². The van der Waals surface area contributed by atoms with Gasteiger partial charge in [-0.25, -0.2) is 0 Å². The third kappa shape index (κ3) is 3.34. The first kappa shape index (κ1) is 14.5. The summed E-state index contributed by atoms with van der Waals surface area (Å²) >= 11 is 0. The van der Waals surface area contributed by atoms with Crippen LogP contribution in [0.1, 0.15) is 51.8 Å². The van der Waals surface area contributed by atoms with Crippen molar-refractivity contribution >= 4 is 0 Å². The number of hydrogen-bond acceptors (Lipinski definition) is 5. The topological polar surface area (TPSA) is 68.2 Å². The maximum absolute atomic E-state index is 5.84. The summed E-state index contributed by atoms with van der Waals surface area (Å²) in [6.45, 7) is 7.72. The zero-order chi connectivity index (χ0) is 14.0. The van der Waals surface area contributed by atoms with E-state index < -0.39 is 0 Å². The largest absolute Gasteiger partial charge is 0.423 e. The highest BCUT2D eigenvalue weighted by Crippen LogP contribution is 2.29. The summed E-state index contributed by atoms with van der Waals surface area (Å²) in [5.41, 5.74) is 5.75. The van der Waals surface area contributed by atoms with Gasteiger partial charge >= 0.3 is 0 Å². The van der Waals surface area contributed by atoms with Crippen LogP contribution in [0.3, 0.4) is 0 Å². The highest BCUT2D eigenvalue weighted by Gasteiger charge is 2.30. The number of nitrogens with zero attached hydrogens (tertiary/aromatic N) is 3. The first-order valence-electron chi connectivity index (χ1n) is 7.15. The highest BCUT2D eigenvalue weighted by atomic mass is 16.4. The van der Waals surface area contributed by atoms with Crippen molar-refractivity contribution in [3.05, 3.63) is 11.8 Å². The lowest BCUT2D eigenvalue weighted by molar-refractivity contribution is 0.174. The van der Waals surface area contributed by atoms with E-state index in [-0.39, 0.29) is 5.41 Å². The molecule has 1 aliphatic carbocycles. The Kier molecular flexibility index (Phi) is 4.26. The van der Waals surface area contributed by atoms with Gasteiger partial charge in [-0.3, -0.25) is 4.90 Å². The van der Waals surface area contributed by atoms with Gasteiger partial charge in [0, 0.05) is 11.5 Å². The molecule has 2 N–H and O–H groups in total. The van der Waals surface area contributed by atoms with E-state index in [9.17, 15) is 0 Å². The van der Waals surface area contributed by atoms with Crippen LogP contribution in [0.2, 0.25) is 0 Å². The molecule has 1 aliphatic rings. The van der Waals surface area contributed by atoms with Crippen LogP contribution in [-0.4, -0.2) is 34.7 Å². The van der Waals surface area contributed by atoms with E-state index in [2.05, 4.69) is 42.9 Å². The molecular weight excluding hydrogens is 240 g/mol. The Morgan fingerprint density at radius 2 is 2.05 bits per heavy atom. The molecule has 2 unspecified atom stereocenters. The quantitative estimate of drug-likeness (QED) is 0.902. The van der Waals surface area contributed by atoms with Gasteiger partial charge in [-0.15, -0.1) is 10.2 Å². The van der Waals surface area contributed by atoms with Crippen molar-refractivity contribution in [1.29, 1.82) is 0 Å². The zero-order valence-electron chi connectivity index (χ0n) is 12.5. The molecule has 1 saturated carbocycles. The molecule has 0 bridgehead atoms. The second-order valence-electron chi connectivity index (χ2n) is 6.66. The van der Waals surface area contributed by atoms with E-state index in [0.717, 1.165) is 6.54 Å². The SMILES string of the molecule is CN(Cc1nnc(C(C)(C)C)o1)C1CCCC1CN. The molecule has 0 amide bonds. The van der Waals surface area contributed by atoms with Crippen LogP contribution in [0, 0.1) is 5.92 Å². The Hall–Kier alpha value is -0.940. The molecule has 1 fully saturated rings. The van der Waals surface area contributed by atoms with Gasteiger partial charge in [0.15, 0.2) is 0 Å². The van der Waals surface area contributed by atoms with Gasteiger partial charge < -0.3 is 10.2 Å². The number of nitrogens with two attached hydrogens (primary N) is 1. The van der Waals surface area contributed by atoms with Crippen LogP contribution in [0.5, 0.6) is 0 Å². The summed E-state index contributed by atoms with van der Waals surface area (Å²) in [6, 6.07) is 0.551. The molecule has 0 radical (unpaired) electrons. The summed E-state index contributed by atoms with van der Waals surface area (Å²) in [5.74, 6) is 2.02. The molecule has 108 valence electrons. The molecule has 1 heterocycles. The molecule has 0 spiro atoms. The van der Waals surface area contributed by atoms with Gasteiger partial charge in [-0.05, 0) is 32.4 Å². The minimum absolute atomic E-state index is 0.0863. The van der Waals surface area contributed by atoms with Crippen molar-refractivity contribution in [2.24, 2.45) is 11.7 Å². The minimum Gasteiger partial charge on any atom is -0.423 e. The predicted octanol–water partition coefficient (Wildman–Crippen LogP) is 1.93. The lowest BCUT2D eigenvalue weighted by Gasteiger charge is -2.27. The van der Waals surface area contributed by atoms with Crippen LogP contribution in [0.25, 0.3) is 0 Å². The van der Waals surface area contributed by atoms with E-state index in [1.165, 1.54) is 19.3 Å².